The average Bonchev–Trinajstić information content (AvgIpc) is 2.96. The summed E-state index contributed by atoms with van der Waals surface area (Å²) in [5.74, 6) is 0.995. The molecule has 0 radical (unpaired) electrons. The van der Waals surface area contributed by atoms with Crippen molar-refractivity contribution in [1.29, 1.82) is 0 Å². The van der Waals surface area contributed by atoms with E-state index in [-0.39, 0.29) is 18.2 Å². The van der Waals surface area contributed by atoms with Gasteiger partial charge in [-0.3, -0.25) is 14.5 Å². The average molecular weight is 345 g/mol. The van der Waals surface area contributed by atoms with E-state index in [1.165, 1.54) is 11.3 Å². The number of anilines is 1. The van der Waals surface area contributed by atoms with Crippen LogP contribution in [0.2, 0.25) is 0 Å². The Morgan fingerprint density at radius 1 is 1.46 bits per heavy atom. The van der Waals surface area contributed by atoms with E-state index in [1.807, 2.05) is 22.4 Å². The summed E-state index contributed by atoms with van der Waals surface area (Å²) in [5.41, 5.74) is 0.741. The second-order valence-corrected chi connectivity index (χ2v) is 7.12. The monoisotopic (exact) mass is 345 g/mol. The van der Waals surface area contributed by atoms with Crippen molar-refractivity contribution in [3.8, 4) is 0 Å². The Kier molecular flexibility index (Phi) is 4.10. The number of nitrogens with zero attached hydrogens (tertiary/aromatic N) is 3. The Balaban J connectivity index is 1.43. The highest BCUT2D eigenvalue weighted by Gasteiger charge is 2.33. The minimum absolute atomic E-state index is 0.0681. The lowest BCUT2D eigenvalue weighted by atomic mass is 10.2. The highest BCUT2D eigenvalue weighted by Crippen LogP contribution is 2.30. The van der Waals surface area contributed by atoms with Gasteiger partial charge in [0.2, 0.25) is 11.8 Å². The summed E-state index contributed by atoms with van der Waals surface area (Å²) < 4.78 is 5.37. The van der Waals surface area contributed by atoms with Crippen LogP contribution in [-0.4, -0.2) is 34.3 Å². The van der Waals surface area contributed by atoms with Gasteiger partial charge in [-0.2, -0.15) is 0 Å². The van der Waals surface area contributed by atoms with Crippen LogP contribution in [0.1, 0.15) is 37.1 Å². The third-order valence-corrected chi connectivity index (χ3v) is 5.30. The van der Waals surface area contributed by atoms with Crippen molar-refractivity contribution in [2.75, 3.05) is 11.4 Å². The topological polar surface area (TPSA) is 66.7 Å². The van der Waals surface area contributed by atoms with Gasteiger partial charge in [0.05, 0.1) is 24.9 Å². The standard InChI is InChI=1S/C17H19N3O3S/c21-15-4-1-7-19(15)17-18-12(11-24-17)9-16(22)20(13-5-6-13)10-14-3-2-8-23-14/h2-3,8,11,13H,1,4-7,9-10H2. The zero-order valence-corrected chi connectivity index (χ0v) is 14.1. The van der Waals surface area contributed by atoms with Crippen molar-refractivity contribution in [3.05, 3.63) is 35.2 Å². The molecule has 1 aliphatic heterocycles. The van der Waals surface area contributed by atoms with Gasteiger partial charge in [0.15, 0.2) is 5.13 Å². The quantitative estimate of drug-likeness (QED) is 0.807. The Bertz CT molecular complexity index is 736. The van der Waals surface area contributed by atoms with E-state index in [0.29, 0.717) is 24.1 Å². The van der Waals surface area contributed by atoms with Crippen molar-refractivity contribution >= 4 is 28.3 Å². The molecule has 6 nitrogen and oxygen atoms in total. The van der Waals surface area contributed by atoms with Gasteiger partial charge in [0.25, 0.3) is 0 Å². The van der Waals surface area contributed by atoms with E-state index in [2.05, 4.69) is 4.98 Å². The van der Waals surface area contributed by atoms with E-state index in [4.69, 9.17) is 4.42 Å². The maximum atomic E-state index is 12.7. The first-order chi connectivity index (χ1) is 11.7. The minimum atomic E-state index is 0.0681. The van der Waals surface area contributed by atoms with Gasteiger partial charge in [-0.1, -0.05) is 0 Å². The van der Waals surface area contributed by atoms with Crippen LogP contribution in [0.4, 0.5) is 5.13 Å². The van der Waals surface area contributed by atoms with E-state index < -0.39 is 0 Å². The van der Waals surface area contributed by atoms with Gasteiger partial charge in [0.1, 0.15) is 5.76 Å². The molecule has 2 aromatic rings. The molecule has 0 atom stereocenters. The first-order valence-corrected chi connectivity index (χ1v) is 9.15. The lowest BCUT2D eigenvalue weighted by Gasteiger charge is -2.20. The maximum Gasteiger partial charge on any atom is 0.229 e. The highest BCUT2D eigenvalue weighted by molar-refractivity contribution is 7.14. The second kappa shape index (κ2) is 6.39. The number of furan rings is 1. The van der Waals surface area contributed by atoms with Crippen LogP contribution in [0.5, 0.6) is 0 Å². The number of carbonyl (C=O) groups is 2. The molecule has 1 saturated carbocycles. The number of hydrogen-bond donors (Lipinski definition) is 0. The molecule has 24 heavy (non-hydrogen) atoms. The fraction of sp³-hybridized carbons (Fsp3) is 0.471. The highest BCUT2D eigenvalue weighted by atomic mass is 32.1. The van der Waals surface area contributed by atoms with E-state index in [9.17, 15) is 9.59 Å². The number of thiazole rings is 1. The molecule has 1 aliphatic carbocycles. The number of aromatic nitrogens is 1. The predicted octanol–water partition coefficient (Wildman–Crippen LogP) is 2.60. The summed E-state index contributed by atoms with van der Waals surface area (Å²) in [6, 6.07) is 4.05. The predicted molar refractivity (Wildman–Crippen MR) is 89.7 cm³/mol. The van der Waals surface area contributed by atoms with Crippen LogP contribution in [-0.2, 0) is 22.6 Å². The summed E-state index contributed by atoms with van der Waals surface area (Å²) in [6.07, 6.45) is 5.48. The third kappa shape index (κ3) is 3.21. The van der Waals surface area contributed by atoms with E-state index >= 15 is 0 Å². The summed E-state index contributed by atoms with van der Waals surface area (Å²) in [5, 5.41) is 2.60. The van der Waals surface area contributed by atoms with Gasteiger partial charge in [-0.05, 0) is 31.4 Å². The second-order valence-electron chi connectivity index (χ2n) is 6.28. The Hall–Kier alpha value is -2.15. The molecule has 2 aromatic heterocycles. The van der Waals surface area contributed by atoms with Gasteiger partial charge in [0, 0.05) is 24.4 Å². The van der Waals surface area contributed by atoms with Crippen molar-refractivity contribution in [1.82, 2.24) is 9.88 Å². The molecule has 2 aliphatic rings. The number of amides is 2. The molecule has 0 bridgehead atoms. The Morgan fingerprint density at radius 3 is 3.00 bits per heavy atom. The first-order valence-electron chi connectivity index (χ1n) is 8.27. The first kappa shape index (κ1) is 15.4. The summed E-state index contributed by atoms with van der Waals surface area (Å²) >= 11 is 1.44. The zero-order valence-electron chi connectivity index (χ0n) is 13.3. The smallest absolute Gasteiger partial charge is 0.229 e. The van der Waals surface area contributed by atoms with Crippen LogP contribution >= 0.6 is 11.3 Å². The van der Waals surface area contributed by atoms with E-state index in [1.54, 1.807) is 11.2 Å². The summed E-state index contributed by atoms with van der Waals surface area (Å²) in [7, 11) is 0. The number of hydrogen-bond acceptors (Lipinski definition) is 5. The van der Waals surface area contributed by atoms with Gasteiger partial charge in [-0.25, -0.2) is 4.98 Å². The molecular formula is C17H19N3O3S. The molecule has 0 spiro atoms. The molecular weight excluding hydrogens is 326 g/mol. The summed E-state index contributed by atoms with van der Waals surface area (Å²) in [4.78, 5) is 32.6. The Labute approximate surface area is 144 Å². The third-order valence-electron chi connectivity index (χ3n) is 4.39. The van der Waals surface area contributed by atoms with Gasteiger partial charge in [-0.15, -0.1) is 11.3 Å². The lowest BCUT2D eigenvalue weighted by molar-refractivity contribution is -0.132. The van der Waals surface area contributed by atoms with Crippen molar-refractivity contribution in [3.63, 3.8) is 0 Å². The van der Waals surface area contributed by atoms with Crippen molar-refractivity contribution in [2.45, 2.75) is 44.7 Å². The SMILES string of the molecule is O=C1CCCN1c1nc(CC(=O)N(Cc2ccco2)C2CC2)cs1. The lowest BCUT2D eigenvalue weighted by Crippen LogP contribution is -2.33. The molecule has 2 amide bonds. The molecule has 0 N–H and O–H groups in total. The summed E-state index contributed by atoms with van der Waals surface area (Å²) in [6.45, 7) is 1.24. The molecule has 4 rings (SSSR count). The largest absolute Gasteiger partial charge is 0.467 e. The fourth-order valence-electron chi connectivity index (χ4n) is 2.99. The van der Waals surface area contributed by atoms with Gasteiger partial charge >= 0.3 is 0 Å². The molecule has 3 heterocycles. The molecule has 7 heteroatoms. The Morgan fingerprint density at radius 2 is 2.33 bits per heavy atom. The van der Waals surface area contributed by atoms with Crippen LogP contribution < -0.4 is 4.90 Å². The number of carbonyl (C=O) groups excluding carboxylic acids is 2. The zero-order chi connectivity index (χ0) is 16.5. The maximum absolute atomic E-state index is 12.7. The normalized spacial score (nSPS) is 17.5. The molecule has 2 fully saturated rings. The van der Waals surface area contributed by atoms with Crippen molar-refractivity contribution in [2.24, 2.45) is 0 Å². The van der Waals surface area contributed by atoms with E-state index in [0.717, 1.165) is 37.3 Å². The van der Waals surface area contributed by atoms with Crippen molar-refractivity contribution < 1.29 is 14.0 Å². The van der Waals surface area contributed by atoms with Gasteiger partial charge < -0.3 is 9.32 Å². The fourth-order valence-corrected chi connectivity index (χ4v) is 3.85. The van der Waals surface area contributed by atoms with Crippen LogP contribution in [0.15, 0.2) is 28.2 Å². The molecule has 0 unspecified atom stereocenters. The van der Waals surface area contributed by atoms with Crippen LogP contribution in [0.3, 0.4) is 0 Å². The van der Waals surface area contributed by atoms with Crippen LogP contribution in [0, 0.1) is 0 Å². The minimum Gasteiger partial charge on any atom is -0.467 e. The number of rotatable bonds is 6. The molecule has 126 valence electrons. The molecule has 0 aromatic carbocycles. The molecule has 1 saturated heterocycles. The van der Waals surface area contributed by atoms with Crippen LogP contribution in [0.25, 0.3) is 0 Å².